The van der Waals surface area contributed by atoms with Crippen LogP contribution in [0.25, 0.3) is 0 Å². The van der Waals surface area contributed by atoms with E-state index in [0.717, 1.165) is 12.1 Å². The Morgan fingerprint density at radius 2 is 2.11 bits per heavy atom. The van der Waals surface area contributed by atoms with Crippen LogP contribution >= 0.6 is 0 Å². The number of carbonyl (C=O) groups is 1. The molecule has 1 aromatic rings. The number of nitrogens with zero attached hydrogens (tertiary/aromatic N) is 1. The van der Waals surface area contributed by atoms with Crippen LogP contribution in [0, 0.1) is 11.3 Å². The molecule has 0 radical (unpaired) electrons. The van der Waals surface area contributed by atoms with E-state index in [1.54, 1.807) is 0 Å². The number of benzene rings is 1. The van der Waals surface area contributed by atoms with Crippen molar-refractivity contribution in [2.45, 2.75) is 19.7 Å². The molecule has 0 amide bonds. The lowest BCUT2D eigenvalue weighted by Crippen LogP contribution is -2.19. The Morgan fingerprint density at radius 3 is 2.53 bits per heavy atom. The molecule has 0 bridgehead atoms. The van der Waals surface area contributed by atoms with Gasteiger partial charge in [-0.2, -0.15) is 18.4 Å². The molecule has 0 aliphatic rings. The molecule has 0 aliphatic carbocycles. The Bertz CT molecular complexity index is 532. The monoisotopic (exact) mass is 273 g/mol. The smallest absolute Gasteiger partial charge is 0.418 e. The molecule has 0 aromatic heterocycles. The third-order valence-electron chi connectivity index (χ3n) is 2.35. The minimum absolute atomic E-state index is 0.113. The van der Waals surface area contributed by atoms with Crippen molar-refractivity contribution in [3.63, 3.8) is 0 Å². The Hall–Kier alpha value is -2.07. The normalized spacial score (nSPS) is 10.9. The van der Waals surface area contributed by atoms with Crippen molar-refractivity contribution in [2.24, 2.45) is 0 Å². The molecular weight excluding hydrogens is 263 g/mol. The van der Waals surface area contributed by atoms with E-state index in [1.807, 2.05) is 0 Å². The molecule has 102 valence electrons. The molecule has 1 aromatic carbocycles. The molecule has 1 rings (SSSR count). The number of hydrogen-bond acceptors (Lipinski definition) is 4. The van der Waals surface area contributed by atoms with Crippen LogP contribution in [0.3, 0.4) is 0 Å². The number of nitriles is 1. The number of aliphatic hydroxyl groups excluding tert-OH is 1. The number of aliphatic hydroxyl groups is 1. The summed E-state index contributed by atoms with van der Waals surface area (Å²) in [6, 6.07) is 3.39. The summed E-state index contributed by atoms with van der Waals surface area (Å²) < 4.78 is 43.5. The average Bonchev–Trinajstić information content (AvgIpc) is 2.36. The van der Waals surface area contributed by atoms with Gasteiger partial charge in [0.2, 0.25) is 0 Å². The van der Waals surface area contributed by atoms with Crippen LogP contribution in [0.2, 0.25) is 0 Å². The van der Waals surface area contributed by atoms with E-state index in [-0.39, 0.29) is 12.2 Å². The molecule has 0 spiro atoms. The first-order valence-electron chi connectivity index (χ1n) is 5.28. The van der Waals surface area contributed by atoms with Crippen molar-refractivity contribution < 1.29 is 27.8 Å². The maximum absolute atomic E-state index is 13.0. The zero-order chi connectivity index (χ0) is 14.6. The van der Waals surface area contributed by atoms with Gasteiger partial charge in [0.25, 0.3) is 0 Å². The summed E-state index contributed by atoms with van der Waals surface area (Å²) >= 11 is 0. The molecule has 19 heavy (non-hydrogen) atoms. The summed E-state index contributed by atoms with van der Waals surface area (Å²) in [6.07, 6.45) is -4.89. The third kappa shape index (κ3) is 3.03. The van der Waals surface area contributed by atoms with Crippen molar-refractivity contribution in [3.05, 3.63) is 34.4 Å². The minimum Gasteiger partial charge on any atom is -0.462 e. The Morgan fingerprint density at radius 1 is 1.47 bits per heavy atom. The van der Waals surface area contributed by atoms with E-state index in [2.05, 4.69) is 4.74 Å². The summed E-state index contributed by atoms with van der Waals surface area (Å²) in [6.45, 7) is 0.568. The molecule has 0 atom stereocenters. The van der Waals surface area contributed by atoms with Gasteiger partial charge >= 0.3 is 12.1 Å². The first kappa shape index (κ1) is 15.0. The van der Waals surface area contributed by atoms with Crippen molar-refractivity contribution in [3.8, 4) is 6.07 Å². The van der Waals surface area contributed by atoms with Gasteiger partial charge in [-0.3, -0.25) is 0 Å². The van der Waals surface area contributed by atoms with Gasteiger partial charge in [-0.25, -0.2) is 4.79 Å². The largest absolute Gasteiger partial charge is 0.462 e. The van der Waals surface area contributed by atoms with Crippen molar-refractivity contribution >= 4 is 5.97 Å². The lowest BCUT2D eigenvalue weighted by molar-refractivity contribution is -0.138. The maximum Gasteiger partial charge on any atom is 0.418 e. The van der Waals surface area contributed by atoms with Crippen LogP contribution in [0.1, 0.15) is 34.0 Å². The van der Waals surface area contributed by atoms with Crippen LogP contribution in [-0.2, 0) is 17.5 Å². The summed E-state index contributed by atoms with van der Waals surface area (Å²) in [5.41, 5.74) is -3.10. The number of alkyl halides is 3. The second kappa shape index (κ2) is 5.71. The second-order valence-electron chi connectivity index (χ2n) is 3.51. The first-order chi connectivity index (χ1) is 8.86. The van der Waals surface area contributed by atoms with Gasteiger partial charge < -0.3 is 9.84 Å². The topological polar surface area (TPSA) is 70.3 Å². The van der Waals surface area contributed by atoms with Gasteiger partial charge in [-0.05, 0) is 18.6 Å². The SMILES string of the molecule is CCOC(=O)c1c(CO)ccc(C#N)c1C(F)(F)F. The minimum atomic E-state index is -4.89. The number of rotatable bonds is 3. The first-order valence-corrected chi connectivity index (χ1v) is 5.28. The molecule has 1 N–H and O–H groups in total. The summed E-state index contributed by atoms with van der Waals surface area (Å²) in [5.74, 6) is -1.21. The zero-order valence-electron chi connectivity index (χ0n) is 9.91. The van der Waals surface area contributed by atoms with Gasteiger partial charge in [0.05, 0.1) is 36.0 Å². The number of hydrogen-bond donors (Lipinski definition) is 1. The fourth-order valence-electron chi connectivity index (χ4n) is 1.60. The molecule has 0 saturated heterocycles. The number of carbonyl (C=O) groups excluding carboxylic acids is 1. The fraction of sp³-hybridized carbons (Fsp3) is 0.333. The van der Waals surface area contributed by atoms with Crippen LogP contribution in [0.15, 0.2) is 12.1 Å². The predicted octanol–water partition coefficient (Wildman–Crippen LogP) is 2.25. The molecule has 0 heterocycles. The van der Waals surface area contributed by atoms with Gasteiger partial charge in [0.1, 0.15) is 0 Å². The standard InChI is InChI=1S/C12H10F3NO3/c1-2-19-11(18)9-8(6-17)4-3-7(5-16)10(9)12(13,14)15/h3-4,17H,2,6H2,1H3. The number of ether oxygens (including phenoxy) is 1. The lowest BCUT2D eigenvalue weighted by Gasteiger charge is -2.16. The van der Waals surface area contributed by atoms with Crippen LogP contribution < -0.4 is 0 Å². The van der Waals surface area contributed by atoms with E-state index in [0.29, 0.717) is 0 Å². The highest BCUT2D eigenvalue weighted by atomic mass is 19.4. The van der Waals surface area contributed by atoms with Crippen LogP contribution in [0.5, 0.6) is 0 Å². The van der Waals surface area contributed by atoms with E-state index in [4.69, 9.17) is 10.4 Å². The quantitative estimate of drug-likeness (QED) is 0.857. The molecule has 7 heteroatoms. The second-order valence-corrected chi connectivity index (χ2v) is 3.51. The van der Waals surface area contributed by atoms with Gasteiger partial charge in [-0.15, -0.1) is 0 Å². The molecule has 4 nitrogen and oxygen atoms in total. The Labute approximate surface area is 107 Å². The Balaban J connectivity index is 3.63. The van der Waals surface area contributed by atoms with Crippen molar-refractivity contribution in [2.75, 3.05) is 6.61 Å². The summed E-state index contributed by atoms with van der Waals surface area (Å²) in [5, 5.41) is 17.7. The Kier molecular flexibility index (Phi) is 4.51. The highest BCUT2D eigenvalue weighted by Gasteiger charge is 2.39. The molecule has 0 fully saturated rings. The van der Waals surface area contributed by atoms with E-state index >= 15 is 0 Å². The van der Waals surface area contributed by atoms with Crippen LogP contribution in [0.4, 0.5) is 13.2 Å². The van der Waals surface area contributed by atoms with Crippen LogP contribution in [-0.4, -0.2) is 17.7 Å². The summed E-state index contributed by atoms with van der Waals surface area (Å²) in [4.78, 5) is 11.6. The number of esters is 1. The molecular formula is C12H10F3NO3. The predicted molar refractivity (Wildman–Crippen MR) is 58.0 cm³/mol. The van der Waals surface area contributed by atoms with E-state index in [1.165, 1.54) is 13.0 Å². The summed E-state index contributed by atoms with van der Waals surface area (Å²) in [7, 11) is 0. The highest BCUT2D eigenvalue weighted by Crippen LogP contribution is 2.36. The van der Waals surface area contributed by atoms with E-state index in [9.17, 15) is 18.0 Å². The lowest BCUT2D eigenvalue weighted by atomic mass is 9.96. The zero-order valence-corrected chi connectivity index (χ0v) is 9.91. The fourth-order valence-corrected chi connectivity index (χ4v) is 1.60. The molecule has 0 aliphatic heterocycles. The molecule has 0 saturated carbocycles. The highest BCUT2D eigenvalue weighted by molar-refractivity contribution is 5.93. The van der Waals surface area contributed by atoms with Gasteiger partial charge in [0.15, 0.2) is 0 Å². The van der Waals surface area contributed by atoms with Gasteiger partial charge in [0, 0.05) is 0 Å². The van der Waals surface area contributed by atoms with E-state index < -0.39 is 35.4 Å². The van der Waals surface area contributed by atoms with Gasteiger partial charge in [-0.1, -0.05) is 6.07 Å². The third-order valence-corrected chi connectivity index (χ3v) is 2.35. The average molecular weight is 273 g/mol. The van der Waals surface area contributed by atoms with Crippen molar-refractivity contribution in [1.82, 2.24) is 0 Å². The maximum atomic E-state index is 13.0. The molecule has 0 unspecified atom stereocenters. The number of halogens is 3. The van der Waals surface area contributed by atoms with Crippen molar-refractivity contribution in [1.29, 1.82) is 5.26 Å².